The molecule has 1 aromatic rings. The molecule has 0 saturated heterocycles. The third-order valence-electron chi connectivity index (χ3n) is 3.71. The third kappa shape index (κ3) is 4.99. The summed E-state index contributed by atoms with van der Waals surface area (Å²) in [6, 6.07) is 5.78. The standard InChI is InChI=1S/C15H22N2O2/c18-15(19)12-17(10-13-6-2-1-3-7-13)11-14-8-4-5-9-16-14/h4-5,8-9,13H,1-3,6-7,10-12H2,(H,18,19). The van der Waals surface area contributed by atoms with Crippen molar-refractivity contribution >= 4 is 5.97 Å². The van der Waals surface area contributed by atoms with Crippen LogP contribution in [0.2, 0.25) is 0 Å². The van der Waals surface area contributed by atoms with E-state index >= 15 is 0 Å². The second-order valence-electron chi connectivity index (χ2n) is 5.39. The van der Waals surface area contributed by atoms with Crippen molar-refractivity contribution in [1.29, 1.82) is 0 Å². The fourth-order valence-electron chi connectivity index (χ4n) is 2.83. The summed E-state index contributed by atoms with van der Waals surface area (Å²) < 4.78 is 0. The summed E-state index contributed by atoms with van der Waals surface area (Å²) in [5.41, 5.74) is 0.944. The fraction of sp³-hybridized carbons (Fsp3) is 0.600. The Balaban J connectivity index is 1.92. The number of carboxylic acids is 1. The smallest absolute Gasteiger partial charge is 0.317 e. The average Bonchev–Trinajstić information content (AvgIpc) is 2.40. The minimum atomic E-state index is -0.758. The van der Waals surface area contributed by atoms with Crippen molar-refractivity contribution < 1.29 is 9.90 Å². The molecular formula is C15H22N2O2. The molecule has 1 N–H and O–H groups in total. The Bertz CT molecular complexity index is 388. The van der Waals surface area contributed by atoms with Crippen LogP contribution in [0.5, 0.6) is 0 Å². The molecule has 2 rings (SSSR count). The maximum atomic E-state index is 11.0. The van der Waals surface area contributed by atoms with Gasteiger partial charge < -0.3 is 5.11 Å². The number of carboxylic acid groups (broad SMARTS) is 1. The van der Waals surface area contributed by atoms with Crippen LogP contribution < -0.4 is 0 Å². The van der Waals surface area contributed by atoms with E-state index < -0.39 is 5.97 Å². The molecule has 104 valence electrons. The van der Waals surface area contributed by atoms with Crippen LogP contribution in [0, 0.1) is 5.92 Å². The van der Waals surface area contributed by atoms with Crippen LogP contribution in [0.1, 0.15) is 37.8 Å². The molecule has 1 aromatic heterocycles. The number of pyridine rings is 1. The number of carbonyl (C=O) groups is 1. The Morgan fingerprint density at radius 3 is 2.74 bits per heavy atom. The Kier molecular flexibility index (Phi) is 5.33. The molecule has 0 spiro atoms. The van der Waals surface area contributed by atoms with Crippen LogP contribution in [0.4, 0.5) is 0 Å². The van der Waals surface area contributed by atoms with Gasteiger partial charge in [-0.1, -0.05) is 25.3 Å². The molecule has 1 saturated carbocycles. The van der Waals surface area contributed by atoms with Crippen LogP contribution >= 0.6 is 0 Å². The molecule has 0 atom stereocenters. The van der Waals surface area contributed by atoms with Crippen molar-refractivity contribution in [1.82, 2.24) is 9.88 Å². The van der Waals surface area contributed by atoms with Gasteiger partial charge in [0.05, 0.1) is 12.2 Å². The monoisotopic (exact) mass is 262 g/mol. The molecule has 1 fully saturated rings. The topological polar surface area (TPSA) is 53.4 Å². The van der Waals surface area contributed by atoms with Gasteiger partial charge in [-0.05, 0) is 30.9 Å². The van der Waals surface area contributed by atoms with Gasteiger partial charge in [0.2, 0.25) is 0 Å². The van der Waals surface area contributed by atoms with Crippen molar-refractivity contribution in [3.05, 3.63) is 30.1 Å². The summed E-state index contributed by atoms with van der Waals surface area (Å²) in [6.07, 6.45) is 8.13. The van der Waals surface area contributed by atoms with E-state index in [-0.39, 0.29) is 6.54 Å². The molecule has 1 heterocycles. The first kappa shape index (κ1) is 14.0. The van der Waals surface area contributed by atoms with Crippen LogP contribution in [-0.4, -0.2) is 34.0 Å². The molecule has 0 bridgehead atoms. The minimum absolute atomic E-state index is 0.104. The van der Waals surface area contributed by atoms with Gasteiger partial charge in [0.25, 0.3) is 0 Å². The molecule has 0 radical (unpaired) electrons. The summed E-state index contributed by atoms with van der Waals surface area (Å²) in [7, 11) is 0. The summed E-state index contributed by atoms with van der Waals surface area (Å²) in [6.45, 7) is 1.61. The Morgan fingerprint density at radius 2 is 2.11 bits per heavy atom. The number of nitrogens with zero attached hydrogens (tertiary/aromatic N) is 2. The van der Waals surface area contributed by atoms with Crippen molar-refractivity contribution in [2.45, 2.75) is 38.6 Å². The lowest BCUT2D eigenvalue weighted by atomic mass is 9.89. The second-order valence-corrected chi connectivity index (χ2v) is 5.39. The van der Waals surface area contributed by atoms with Gasteiger partial charge in [-0.2, -0.15) is 0 Å². The lowest BCUT2D eigenvalue weighted by molar-refractivity contribution is -0.138. The van der Waals surface area contributed by atoms with Crippen LogP contribution in [0.25, 0.3) is 0 Å². The van der Waals surface area contributed by atoms with Gasteiger partial charge in [-0.25, -0.2) is 0 Å². The molecule has 0 aliphatic heterocycles. The van der Waals surface area contributed by atoms with E-state index in [0.29, 0.717) is 12.5 Å². The molecule has 0 aromatic carbocycles. The van der Waals surface area contributed by atoms with Gasteiger partial charge >= 0.3 is 5.97 Å². The molecule has 4 nitrogen and oxygen atoms in total. The first-order valence-electron chi connectivity index (χ1n) is 7.08. The lowest BCUT2D eigenvalue weighted by Gasteiger charge is -2.28. The fourth-order valence-corrected chi connectivity index (χ4v) is 2.83. The Hall–Kier alpha value is -1.42. The van der Waals surface area contributed by atoms with E-state index in [2.05, 4.69) is 4.98 Å². The van der Waals surface area contributed by atoms with Gasteiger partial charge in [-0.15, -0.1) is 0 Å². The number of rotatable bonds is 6. The van der Waals surface area contributed by atoms with E-state index in [4.69, 9.17) is 5.11 Å². The number of hydrogen-bond acceptors (Lipinski definition) is 3. The molecule has 19 heavy (non-hydrogen) atoms. The first-order valence-corrected chi connectivity index (χ1v) is 7.08. The molecular weight excluding hydrogens is 240 g/mol. The van der Waals surface area contributed by atoms with Gasteiger partial charge in [0.1, 0.15) is 0 Å². The summed E-state index contributed by atoms with van der Waals surface area (Å²) in [4.78, 5) is 17.3. The van der Waals surface area contributed by atoms with Crippen molar-refractivity contribution in [2.24, 2.45) is 5.92 Å². The van der Waals surface area contributed by atoms with E-state index in [9.17, 15) is 4.79 Å². The maximum absolute atomic E-state index is 11.0. The van der Waals surface area contributed by atoms with Crippen molar-refractivity contribution in [3.63, 3.8) is 0 Å². The highest BCUT2D eigenvalue weighted by atomic mass is 16.4. The third-order valence-corrected chi connectivity index (χ3v) is 3.71. The molecule has 1 aliphatic carbocycles. The summed E-state index contributed by atoms with van der Waals surface area (Å²) >= 11 is 0. The number of hydrogen-bond donors (Lipinski definition) is 1. The molecule has 0 amide bonds. The molecule has 0 unspecified atom stereocenters. The first-order chi connectivity index (χ1) is 9.24. The highest BCUT2D eigenvalue weighted by molar-refractivity contribution is 5.69. The Labute approximate surface area is 114 Å². The van der Waals surface area contributed by atoms with Gasteiger partial charge in [0.15, 0.2) is 0 Å². The largest absolute Gasteiger partial charge is 0.480 e. The quantitative estimate of drug-likeness (QED) is 0.856. The van der Waals surface area contributed by atoms with E-state index in [1.165, 1.54) is 32.1 Å². The normalized spacial score (nSPS) is 16.7. The predicted octanol–water partition coefficient (Wildman–Crippen LogP) is 2.55. The van der Waals surface area contributed by atoms with Gasteiger partial charge in [0, 0.05) is 19.3 Å². The lowest BCUT2D eigenvalue weighted by Crippen LogP contribution is -2.34. The predicted molar refractivity (Wildman–Crippen MR) is 73.7 cm³/mol. The van der Waals surface area contributed by atoms with Crippen molar-refractivity contribution in [2.75, 3.05) is 13.1 Å². The zero-order chi connectivity index (χ0) is 13.5. The molecule has 4 heteroatoms. The van der Waals surface area contributed by atoms with Crippen LogP contribution in [0.3, 0.4) is 0 Å². The number of aliphatic carboxylic acids is 1. The summed E-state index contributed by atoms with van der Waals surface area (Å²) in [5.74, 6) is -0.108. The zero-order valence-electron chi connectivity index (χ0n) is 11.3. The van der Waals surface area contributed by atoms with Crippen LogP contribution in [0.15, 0.2) is 24.4 Å². The van der Waals surface area contributed by atoms with Crippen LogP contribution in [-0.2, 0) is 11.3 Å². The van der Waals surface area contributed by atoms with E-state index in [1.807, 2.05) is 23.1 Å². The number of aromatic nitrogens is 1. The minimum Gasteiger partial charge on any atom is -0.480 e. The highest BCUT2D eigenvalue weighted by Crippen LogP contribution is 2.24. The van der Waals surface area contributed by atoms with Gasteiger partial charge in [-0.3, -0.25) is 14.7 Å². The van der Waals surface area contributed by atoms with E-state index in [1.54, 1.807) is 6.20 Å². The van der Waals surface area contributed by atoms with E-state index in [0.717, 1.165) is 12.2 Å². The zero-order valence-corrected chi connectivity index (χ0v) is 11.3. The molecule has 1 aliphatic rings. The second kappa shape index (κ2) is 7.24. The Morgan fingerprint density at radius 1 is 1.32 bits per heavy atom. The highest BCUT2D eigenvalue weighted by Gasteiger charge is 2.19. The maximum Gasteiger partial charge on any atom is 0.317 e. The average molecular weight is 262 g/mol. The summed E-state index contributed by atoms with van der Waals surface area (Å²) in [5, 5.41) is 9.03. The van der Waals surface area contributed by atoms with Crippen molar-refractivity contribution in [3.8, 4) is 0 Å². The SMILES string of the molecule is O=C(O)CN(Cc1ccccn1)CC1CCCCC1.